The molecule has 30 heavy (non-hydrogen) atoms. The summed E-state index contributed by atoms with van der Waals surface area (Å²) in [5.74, 6) is -0.0909. The first kappa shape index (κ1) is 20.5. The Morgan fingerprint density at radius 1 is 1.13 bits per heavy atom. The topological polar surface area (TPSA) is 75.2 Å². The van der Waals surface area contributed by atoms with Crippen LogP contribution in [0.2, 0.25) is 5.02 Å². The Labute approximate surface area is 183 Å². The fourth-order valence-electron chi connectivity index (χ4n) is 3.53. The van der Waals surface area contributed by atoms with Gasteiger partial charge in [-0.15, -0.1) is 10.2 Å². The number of halogens is 1. The number of benzene rings is 2. The maximum Gasteiger partial charge on any atom is 0.286 e. The zero-order valence-electron chi connectivity index (χ0n) is 16.3. The number of rotatable bonds is 5. The highest BCUT2D eigenvalue weighted by Crippen LogP contribution is 2.30. The summed E-state index contributed by atoms with van der Waals surface area (Å²) in [4.78, 5) is 27.1. The predicted molar refractivity (Wildman–Crippen MR) is 118 cm³/mol. The van der Waals surface area contributed by atoms with E-state index in [0.29, 0.717) is 28.7 Å². The van der Waals surface area contributed by atoms with Crippen molar-refractivity contribution in [1.82, 2.24) is 15.1 Å². The van der Waals surface area contributed by atoms with Gasteiger partial charge >= 0.3 is 0 Å². The zero-order chi connectivity index (χ0) is 20.9. The van der Waals surface area contributed by atoms with Crippen LogP contribution in [0.5, 0.6) is 0 Å². The standard InChI is InChI=1S/C22H21ClN4O2S/c23-17-9-4-10-18(13-17)24-20(29)22-26-25-21(30-22)16-8-5-11-27(14-16)19(28)12-15-6-2-1-3-7-15/h1-4,6-7,9-10,13,16H,5,8,11-12,14H2,(H,24,29)/t16-/m1/s1. The van der Waals surface area contributed by atoms with Crippen LogP contribution in [0.3, 0.4) is 0 Å². The van der Waals surface area contributed by atoms with Crippen LogP contribution in [0.4, 0.5) is 5.69 Å². The molecule has 0 bridgehead atoms. The average Bonchev–Trinajstić information content (AvgIpc) is 3.25. The van der Waals surface area contributed by atoms with Crippen LogP contribution in [0.25, 0.3) is 0 Å². The van der Waals surface area contributed by atoms with Gasteiger partial charge in [-0.2, -0.15) is 0 Å². The lowest BCUT2D eigenvalue weighted by Crippen LogP contribution is -2.39. The van der Waals surface area contributed by atoms with Crippen molar-refractivity contribution in [3.8, 4) is 0 Å². The fraction of sp³-hybridized carbons (Fsp3) is 0.273. The van der Waals surface area contributed by atoms with Gasteiger partial charge in [-0.25, -0.2) is 0 Å². The molecule has 0 spiro atoms. The molecule has 1 saturated heterocycles. The van der Waals surface area contributed by atoms with Crippen LogP contribution in [0.1, 0.15) is 39.1 Å². The molecule has 4 rings (SSSR count). The van der Waals surface area contributed by atoms with Crippen LogP contribution in [0, 0.1) is 0 Å². The minimum absolute atomic E-state index is 0.101. The molecule has 2 heterocycles. The number of carbonyl (C=O) groups is 2. The molecule has 1 aliphatic heterocycles. The average molecular weight is 441 g/mol. The number of likely N-dealkylation sites (tertiary alicyclic amines) is 1. The number of carbonyl (C=O) groups excluding carboxylic acids is 2. The van der Waals surface area contributed by atoms with E-state index in [9.17, 15) is 9.59 Å². The van der Waals surface area contributed by atoms with E-state index in [4.69, 9.17) is 11.6 Å². The molecule has 2 amide bonds. The molecule has 0 aliphatic carbocycles. The number of piperidine rings is 1. The van der Waals surface area contributed by atoms with E-state index in [-0.39, 0.29) is 17.7 Å². The lowest BCUT2D eigenvalue weighted by atomic mass is 9.98. The predicted octanol–water partition coefficient (Wildman–Crippen LogP) is 4.39. The molecular weight excluding hydrogens is 420 g/mol. The van der Waals surface area contributed by atoms with Crippen molar-refractivity contribution in [3.63, 3.8) is 0 Å². The molecule has 0 radical (unpaired) electrons. The smallest absolute Gasteiger partial charge is 0.286 e. The second-order valence-electron chi connectivity index (χ2n) is 7.25. The highest BCUT2D eigenvalue weighted by Gasteiger charge is 2.28. The van der Waals surface area contributed by atoms with E-state index in [1.54, 1.807) is 24.3 Å². The minimum atomic E-state index is -0.311. The third kappa shape index (κ3) is 5.04. The van der Waals surface area contributed by atoms with Gasteiger partial charge in [0, 0.05) is 29.7 Å². The van der Waals surface area contributed by atoms with Crippen molar-refractivity contribution < 1.29 is 9.59 Å². The van der Waals surface area contributed by atoms with Crippen molar-refractivity contribution in [1.29, 1.82) is 0 Å². The molecule has 8 heteroatoms. The summed E-state index contributed by atoms with van der Waals surface area (Å²) in [6.07, 6.45) is 2.24. The summed E-state index contributed by atoms with van der Waals surface area (Å²) in [7, 11) is 0. The summed E-state index contributed by atoms with van der Waals surface area (Å²) in [5.41, 5.74) is 1.63. The van der Waals surface area contributed by atoms with E-state index in [1.165, 1.54) is 11.3 Å². The molecule has 1 N–H and O–H groups in total. The Kier molecular flexibility index (Phi) is 6.40. The highest BCUT2D eigenvalue weighted by molar-refractivity contribution is 7.13. The molecule has 2 aromatic carbocycles. The molecule has 3 aromatic rings. The minimum Gasteiger partial charge on any atom is -0.342 e. The van der Waals surface area contributed by atoms with Gasteiger partial charge in [-0.1, -0.05) is 59.3 Å². The molecule has 154 valence electrons. The third-order valence-electron chi connectivity index (χ3n) is 5.04. The zero-order valence-corrected chi connectivity index (χ0v) is 17.8. The largest absolute Gasteiger partial charge is 0.342 e. The molecule has 0 unspecified atom stereocenters. The van der Waals surface area contributed by atoms with Crippen molar-refractivity contribution in [2.24, 2.45) is 0 Å². The van der Waals surface area contributed by atoms with Crippen molar-refractivity contribution in [3.05, 3.63) is 75.2 Å². The van der Waals surface area contributed by atoms with Crippen LogP contribution in [-0.4, -0.2) is 40.0 Å². The maximum absolute atomic E-state index is 12.7. The van der Waals surface area contributed by atoms with Crippen LogP contribution in [0.15, 0.2) is 54.6 Å². The van der Waals surface area contributed by atoms with Gasteiger partial charge in [0.2, 0.25) is 10.9 Å². The number of anilines is 1. The fourth-order valence-corrected chi connectivity index (χ4v) is 4.58. The number of nitrogens with one attached hydrogen (secondary N) is 1. The lowest BCUT2D eigenvalue weighted by Gasteiger charge is -2.31. The Hall–Kier alpha value is -2.77. The first-order valence-electron chi connectivity index (χ1n) is 9.80. The van der Waals surface area contributed by atoms with Crippen molar-refractivity contribution in [2.75, 3.05) is 18.4 Å². The first-order valence-corrected chi connectivity index (χ1v) is 11.0. The van der Waals surface area contributed by atoms with Gasteiger partial charge in [0.05, 0.1) is 6.42 Å². The number of hydrogen-bond acceptors (Lipinski definition) is 5. The second-order valence-corrected chi connectivity index (χ2v) is 8.70. The number of nitrogens with zero attached hydrogens (tertiary/aromatic N) is 3. The van der Waals surface area contributed by atoms with E-state index in [1.807, 2.05) is 35.2 Å². The summed E-state index contributed by atoms with van der Waals surface area (Å²) in [6.45, 7) is 1.36. The lowest BCUT2D eigenvalue weighted by molar-refractivity contribution is -0.131. The van der Waals surface area contributed by atoms with E-state index < -0.39 is 0 Å². The summed E-state index contributed by atoms with van der Waals surface area (Å²) < 4.78 is 0. The maximum atomic E-state index is 12.7. The quantitative estimate of drug-likeness (QED) is 0.638. The molecule has 6 nitrogen and oxygen atoms in total. The van der Waals surface area contributed by atoms with E-state index in [2.05, 4.69) is 15.5 Å². The van der Waals surface area contributed by atoms with Gasteiger partial charge in [-0.05, 0) is 36.6 Å². The third-order valence-corrected chi connectivity index (χ3v) is 6.36. The molecule has 0 saturated carbocycles. The van der Waals surface area contributed by atoms with Crippen molar-refractivity contribution in [2.45, 2.75) is 25.2 Å². The summed E-state index contributed by atoms with van der Waals surface area (Å²) in [5, 5.41) is 12.7. The Morgan fingerprint density at radius 2 is 1.97 bits per heavy atom. The van der Waals surface area contributed by atoms with Gasteiger partial charge < -0.3 is 10.2 Å². The van der Waals surface area contributed by atoms with Gasteiger partial charge in [0.25, 0.3) is 5.91 Å². The Balaban J connectivity index is 1.39. The molecular formula is C22H21ClN4O2S. The summed E-state index contributed by atoms with van der Waals surface area (Å²) >= 11 is 7.24. The summed E-state index contributed by atoms with van der Waals surface area (Å²) in [6, 6.07) is 16.7. The van der Waals surface area contributed by atoms with Crippen LogP contribution < -0.4 is 5.32 Å². The SMILES string of the molecule is O=C(Nc1cccc(Cl)c1)c1nnc([C@@H]2CCCN(C(=O)Cc3ccccc3)C2)s1. The number of hydrogen-bond donors (Lipinski definition) is 1. The Morgan fingerprint density at radius 3 is 2.77 bits per heavy atom. The van der Waals surface area contributed by atoms with E-state index in [0.717, 1.165) is 30.0 Å². The van der Waals surface area contributed by atoms with Gasteiger partial charge in [0.1, 0.15) is 5.01 Å². The van der Waals surface area contributed by atoms with Gasteiger partial charge in [0.15, 0.2) is 0 Å². The van der Waals surface area contributed by atoms with E-state index >= 15 is 0 Å². The van der Waals surface area contributed by atoms with Crippen LogP contribution in [-0.2, 0) is 11.2 Å². The first-order chi connectivity index (χ1) is 14.6. The number of aromatic nitrogens is 2. The highest BCUT2D eigenvalue weighted by atomic mass is 35.5. The number of amides is 2. The molecule has 1 atom stereocenters. The van der Waals surface area contributed by atoms with Crippen molar-refractivity contribution >= 4 is 40.4 Å². The second kappa shape index (κ2) is 9.36. The Bertz CT molecular complexity index is 1040. The molecule has 1 aromatic heterocycles. The normalized spacial score (nSPS) is 16.3. The van der Waals surface area contributed by atoms with Crippen LogP contribution >= 0.6 is 22.9 Å². The van der Waals surface area contributed by atoms with Gasteiger partial charge in [-0.3, -0.25) is 9.59 Å². The molecule has 1 fully saturated rings. The molecule has 1 aliphatic rings. The monoisotopic (exact) mass is 440 g/mol.